The average Bonchev–Trinajstić information content (AvgIpc) is 2.81. The lowest BCUT2D eigenvalue weighted by atomic mass is 10.1. The van der Waals surface area contributed by atoms with Crippen molar-refractivity contribution in [2.45, 2.75) is 26.3 Å². The Hall–Kier alpha value is -2.04. The van der Waals surface area contributed by atoms with E-state index in [1.165, 1.54) is 0 Å². The summed E-state index contributed by atoms with van der Waals surface area (Å²) in [6.45, 7) is 4.45. The van der Waals surface area contributed by atoms with E-state index in [1.54, 1.807) is 4.90 Å². The third kappa shape index (κ3) is 3.54. The molecule has 21 heavy (non-hydrogen) atoms. The molecule has 1 aliphatic heterocycles. The van der Waals surface area contributed by atoms with E-state index in [-0.39, 0.29) is 23.8 Å². The average molecular weight is 289 g/mol. The van der Waals surface area contributed by atoms with E-state index >= 15 is 0 Å². The number of nitrogens with zero attached hydrogens (tertiary/aromatic N) is 2. The van der Waals surface area contributed by atoms with Crippen LogP contribution >= 0.6 is 0 Å². The summed E-state index contributed by atoms with van der Waals surface area (Å²) in [6, 6.07) is 7.81. The van der Waals surface area contributed by atoms with Crippen molar-refractivity contribution < 1.29 is 9.59 Å². The minimum atomic E-state index is -0.256. The quantitative estimate of drug-likeness (QED) is 0.921. The molecule has 0 radical (unpaired) electrons. The zero-order chi connectivity index (χ0) is 15.6. The SMILES string of the molecule is CC(C)N1CC(C(=O)Nc2ccc(N(C)C)cc2)CC1=O. The summed E-state index contributed by atoms with van der Waals surface area (Å²) in [5.41, 5.74) is 1.84. The molecule has 1 heterocycles. The van der Waals surface area contributed by atoms with E-state index in [4.69, 9.17) is 0 Å². The van der Waals surface area contributed by atoms with Gasteiger partial charge in [-0.15, -0.1) is 0 Å². The van der Waals surface area contributed by atoms with Crippen molar-refractivity contribution >= 4 is 23.2 Å². The van der Waals surface area contributed by atoms with Crippen LogP contribution in [0.1, 0.15) is 20.3 Å². The summed E-state index contributed by atoms with van der Waals surface area (Å²) < 4.78 is 0. The van der Waals surface area contributed by atoms with Gasteiger partial charge < -0.3 is 15.1 Å². The number of nitrogens with one attached hydrogen (secondary N) is 1. The van der Waals surface area contributed by atoms with Gasteiger partial charge in [-0.25, -0.2) is 0 Å². The summed E-state index contributed by atoms with van der Waals surface area (Å²) in [5, 5.41) is 2.89. The van der Waals surface area contributed by atoms with Gasteiger partial charge in [0.2, 0.25) is 11.8 Å². The van der Waals surface area contributed by atoms with Gasteiger partial charge in [0, 0.05) is 44.5 Å². The van der Waals surface area contributed by atoms with Gasteiger partial charge in [-0.3, -0.25) is 9.59 Å². The molecule has 0 bridgehead atoms. The summed E-state index contributed by atoms with van der Waals surface area (Å²) >= 11 is 0. The second kappa shape index (κ2) is 6.16. The van der Waals surface area contributed by atoms with Crippen LogP contribution < -0.4 is 10.2 Å². The third-order valence-electron chi connectivity index (χ3n) is 3.80. The lowest BCUT2D eigenvalue weighted by Crippen LogP contribution is -2.33. The number of rotatable bonds is 4. The molecule has 5 nitrogen and oxygen atoms in total. The molecule has 1 atom stereocenters. The zero-order valence-electron chi connectivity index (χ0n) is 13.1. The Morgan fingerprint density at radius 2 is 1.90 bits per heavy atom. The van der Waals surface area contributed by atoms with E-state index in [9.17, 15) is 9.59 Å². The highest BCUT2D eigenvalue weighted by molar-refractivity contribution is 5.97. The Kier molecular flexibility index (Phi) is 4.50. The highest BCUT2D eigenvalue weighted by Gasteiger charge is 2.35. The number of hydrogen-bond acceptors (Lipinski definition) is 3. The van der Waals surface area contributed by atoms with E-state index in [0.29, 0.717) is 13.0 Å². The van der Waals surface area contributed by atoms with Gasteiger partial charge in [0.05, 0.1) is 5.92 Å². The Bertz CT molecular complexity index is 523. The molecule has 2 amide bonds. The van der Waals surface area contributed by atoms with Crippen LogP contribution in [0.2, 0.25) is 0 Å². The van der Waals surface area contributed by atoms with Crippen LogP contribution in [0.4, 0.5) is 11.4 Å². The minimum Gasteiger partial charge on any atom is -0.378 e. The van der Waals surface area contributed by atoms with Crippen molar-refractivity contribution in [2.24, 2.45) is 5.92 Å². The summed E-state index contributed by atoms with van der Waals surface area (Å²) in [4.78, 5) is 27.9. The number of likely N-dealkylation sites (tertiary alicyclic amines) is 1. The first-order valence-electron chi connectivity index (χ1n) is 7.26. The lowest BCUT2D eigenvalue weighted by molar-refractivity contribution is -0.129. The fourth-order valence-electron chi connectivity index (χ4n) is 2.49. The number of carbonyl (C=O) groups is 2. The smallest absolute Gasteiger partial charge is 0.229 e. The van der Waals surface area contributed by atoms with E-state index in [0.717, 1.165) is 11.4 Å². The first kappa shape index (κ1) is 15.4. The molecule has 0 spiro atoms. The fraction of sp³-hybridized carbons (Fsp3) is 0.500. The van der Waals surface area contributed by atoms with Gasteiger partial charge >= 0.3 is 0 Å². The van der Waals surface area contributed by atoms with Crippen molar-refractivity contribution in [1.29, 1.82) is 0 Å². The second-order valence-corrected chi connectivity index (χ2v) is 5.97. The summed E-state index contributed by atoms with van der Waals surface area (Å²) in [7, 11) is 3.94. The predicted molar refractivity (Wildman–Crippen MR) is 84.4 cm³/mol. The predicted octanol–water partition coefficient (Wildman–Crippen LogP) is 1.95. The Labute approximate surface area is 125 Å². The van der Waals surface area contributed by atoms with Crippen molar-refractivity contribution in [1.82, 2.24) is 4.90 Å². The maximum Gasteiger partial charge on any atom is 0.229 e. The molecule has 0 aliphatic carbocycles. The molecule has 114 valence electrons. The molecular weight excluding hydrogens is 266 g/mol. The number of amides is 2. The number of anilines is 2. The van der Waals surface area contributed by atoms with Crippen molar-refractivity contribution in [3.8, 4) is 0 Å². The van der Waals surface area contributed by atoms with Crippen LogP contribution in [-0.2, 0) is 9.59 Å². The molecule has 1 aromatic rings. The van der Waals surface area contributed by atoms with Crippen molar-refractivity contribution in [3.63, 3.8) is 0 Å². The van der Waals surface area contributed by atoms with Crippen molar-refractivity contribution in [3.05, 3.63) is 24.3 Å². The van der Waals surface area contributed by atoms with Crippen LogP contribution in [0.25, 0.3) is 0 Å². The standard InChI is InChI=1S/C16H23N3O2/c1-11(2)19-10-12(9-15(19)20)16(21)17-13-5-7-14(8-6-13)18(3)4/h5-8,11-12H,9-10H2,1-4H3,(H,17,21). The second-order valence-electron chi connectivity index (χ2n) is 5.97. The molecule has 1 aliphatic rings. The number of carbonyl (C=O) groups excluding carboxylic acids is 2. The molecule has 0 aromatic heterocycles. The lowest BCUT2D eigenvalue weighted by Gasteiger charge is -2.20. The largest absolute Gasteiger partial charge is 0.378 e. The highest BCUT2D eigenvalue weighted by Crippen LogP contribution is 2.22. The van der Waals surface area contributed by atoms with Crippen LogP contribution in [0.15, 0.2) is 24.3 Å². The third-order valence-corrected chi connectivity index (χ3v) is 3.80. The topological polar surface area (TPSA) is 52.7 Å². The van der Waals surface area contributed by atoms with Crippen molar-refractivity contribution in [2.75, 3.05) is 30.9 Å². The van der Waals surface area contributed by atoms with E-state index in [2.05, 4.69) is 5.32 Å². The van der Waals surface area contributed by atoms with Gasteiger partial charge in [0.15, 0.2) is 0 Å². The van der Waals surface area contributed by atoms with Gasteiger partial charge in [-0.2, -0.15) is 0 Å². The number of benzene rings is 1. The molecule has 1 aromatic carbocycles. The Balaban J connectivity index is 1.97. The fourth-order valence-corrected chi connectivity index (χ4v) is 2.49. The molecule has 0 saturated carbocycles. The maximum atomic E-state index is 12.2. The van der Waals surface area contributed by atoms with Crippen LogP contribution in [-0.4, -0.2) is 43.4 Å². The highest BCUT2D eigenvalue weighted by atomic mass is 16.2. The maximum absolute atomic E-state index is 12.2. The number of hydrogen-bond donors (Lipinski definition) is 1. The van der Waals surface area contributed by atoms with Gasteiger partial charge in [-0.05, 0) is 38.1 Å². The molecule has 5 heteroatoms. The minimum absolute atomic E-state index is 0.0631. The van der Waals surface area contributed by atoms with Crippen LogP contribution in [0.5, 0.6) is 0 Å². The molecule has 1 unspecified atom stereocenters. The normalized spacial score (nSPS) is 18.2. The van der Waals surface area contributed by atoms with Gasteiger partial charge in [0.1, 0.15) is 0 Å². The van der Waals surface area contributed by atoms with E-state index in [1.807, 2.05) is 57.1 Å². The van der Waals surface area contributed by atoms with Crippen LogP contribution in [0, 0.1) is 5.92 Å². The monoisotopic (exact) mass is 289 g/mol. The molecule has 2 rings (SSSR count). The van der Waals surface area contributed by atoms with Crippen LogP contribution in [0.3, 0.4) is 0 Å². The van der Waals surface area contributed by atoms with E-state index < -0.39 is 0 Å². The molecule has 1 N–H and O–H groups in total. The Morgan fingerprint density at radius 1 is 1.29 bits per heavy atom. The molecule has 1 fully saturated rings. The van der Waals surface area contributed by atoms with Gasteiger partial charge in [0.25, 0.3) is 0 Å². The first-order valence-corrected chi connectivity index (χ1v) is 7.26. The molecular formula is C16H23N3O2. The van der Waals surface area contributed by atoms with Gasteiger partial charge in [-0.1, -0.05) is 0 Å². The zero-order valence-corrected chi connectivity index (χ0v) is 13.1. The first-order chi connectivity index (χ1) is 9.88. The molecule has 1 saturated heterocycles. The summed E-state index contributed by atoms with van der Waals surface area (Å²) in [6.07, 6.45) is 0.305. The Morgan fingerprint density at radius 3 is 2.38 bits per heavy atom. The summed E-state index contributed by atoms with van der Waals surface area (Å²) in [5.74, 6) is -0.273.